The van der Waals surface area contributed by atoms with E-state index in [1.54, 1.807) is 0 Å². The van der Waals surface area contributed by atoms with E-state index in [0.29, 0.717) is 0 Å². The standard InChI is InChI=1S/C7H11BrN2/c1-3-6-5-9-10(4-2)7(6)8/h5H,3-4H2,1-2H3. The van der Waals surface area contributed by atoms with E-state index in [1.807, 2.05) is 10.9 Å². The van der Waals surface area contributed by atoms with Gasteiger partial charge in [-0.05, 0) is 29.3 Å². The summed E-state index contributed by atoms with van der Waals surface area (Å²) in [6.45, 7) is 5.14. The van der Waals surface area contributed by atoms with Gasteiger partial charge in [0.2, 0.25) is 0 Å². The Morgan fingerprint density at radius 3 is 2.60 bits per heavy atom. The lowest BCUT2D eigenvalue weighted by Crippen LogP contribution is -1.95. The van der Waals surface area contributed by atoms with Gasteiger partial charge >= 0.3 is 0 Å². The van der Waals surface area contributed by atoms with E-state index in [1.165, 1.54) is 5.56 Å². The van der Waals surface area contributed by atoms with Gasteiger partial charge in [-0.15, -0.1) is 0 Å². The van der Waals surface area contributed by atoms with Crippen molar-refractivity contribution in [3.63, 3.8) is 0 Å². The first-order valence-corrected chi connectivity index (χ1v) is 4.29. The maximum Gasteiger partial charge on any atom is 0.107 e. The van der Waals surface area contributed by atoms with Crippen molar-refractivity contribution in [2.24, 2.45) is 0 Å². The van der Waals surface area contributed by atoms with Crippen LogP contribution in [0.2, 0.25) is 0 Å². The molecule has 1 heterocycles. The molecule has 0 unspecified atom stereocenters. The lowest BCUT2D eigenvalue weighted by Gasteiger charge is -1.96. The molecular weight excluding hydrogens is 192 g/mol. The Kier molecular flexibility index (Phi) is 2.49. The van der Waals surface area contributed by atoms with E-state index in [9.17, 15) is 0 Å². The highest BCUT2D eigenvalue weighted by Gasteiger charge is 2.02. The van der Waals surface area contributed by atoms with Crippen molar-refractivity contribution in [2.45, 2.75) is 26.8 Å². The van der Waals surface area contributed by atoms with Gasteiger partial charge in [0, 0.05) is 12.1 Å². The molecule has 1 aromatic heterocycles. The van der Waals surface area contributed by atoms with Gasteiger partial charge in [-0.3, -0.25) is 4.68 Å². The largest absolute Gasteiger partial charge is 0.258 e. The molecule has 3 heteroatoms. The van der Waals surface area contributed by atoms with Crippen LogP contribution < -0.4 is 0 Å². The summed E-state index contributed by atoms with van der Waals surface area (Å²) in [6.07, 6.45) is 2.95. The van der Waals surface area contributed by atoms with Crippen molar-refractivity contribution in [1.82, 2.24) is 9.78 Å². The topological polar surface area (TPSA) is 17.8 Å². The van der Waals surface area contributed by atoms with Crippen molar-refractivity contribution in [2.75, 3.05) is 0 Å². The molecule has 0 aliphatic heterocycles. The maximum absolute atomic E-state index is 4.17. The summed E-state index contributed by atoms with van der Waals surface area (Å²) < 4.78 is 3.07. The van der Waals surface area contributed by atoms with Gasteiger partial charge in [0.05, 0.1) is 6.20 Å². The van der Waals surface area contributed by atoms with Crippen LogP contribution in [0.15, 0.2) is 10.8 Å². The molecule has 0 aromatic carbocycles. The summed E-state index contributed by atoms with van der Waals surface area (Å²) >= 11 is 3.47. The van der Waals surface area contributed by atoms with E-state index in [4.69, 9.17) is 0 Å². The van der Waals surface area contributed by atoms with Crippen LogP contribution in [0.1, 0.15) is 19.4 Å². The Hall–Kier alpha value is -0.310. The Morgan fingerprint density at radius 2 is 2.30 bits per heavy atom. The van der Waals surface area contributed by atoms with Gasteiger partial charge in [0.15, 0.2) is 0 Å². The van der Waals surface area contributed by atoms with Crippen LogP contribution in [0, 0.1) is 0 Å². The second-order valence-electron chi connectivity index (χ2n) is 2.13. The molecule has 0 saturated carbocycles. The minimum Gasteiger partial charge on any atom is -0.258 e. The normalized spacial score (nSPS) is 10.3. The average molecular weight is 203 g/mol. The highest BCUT2D eigenvalue weighted by atomic mass is 79.9. The summed E-state index contributed by atoms with van der Waals surface area (Å²) in [7, 11) is 0. The average Bonchev–Trinajstić information content (AvgIpc) is 2.30. The Bertz CT molecular complexity index is 196. The van der Waals surface area contributed by atoms with Crippen molar-refractivity contribution < 1.29 is 0 Å². The van der Waals surface area contributed by atoms with Crippen molar-refractivity contribution in [3.05, 3.63) is 16.4 Å². The van der Waals surface area contributed by atoms with Crippen LogP contribution in [0.4, 0.5) is 0 Å². The third-order valence-corrected chi connectivity index (χ3v) is 2.44. The predicted octanol–water partition coefficient (Wildman–Crippen LogP) is 2.23. The number of hydrogen-bond acceptors (Lipinski definition) is 1. The first-order chi connectivity index (χ1) is 4.79. The van der Waals surface area contributed by atoms with Crippen LogP contribution in [-0.4, -0.2) is 9.78 Å². The SMILES string of the molecule is CCc1cnn(CC)c1Br. The predicted molar refractivity (Wildman–Crippen MR) is 45.0 cm³/mol. The van der Waals surface area contributed by atoms with E-state index >= 15 is 0 Å². The molecule has 0 N–H and O–H groups in total. The number of rotatable bonds is 2. The summed E-state index contributed by atoms with van der Waals surface area (Å²) in [5, 5.41) is 4.17. The number of aryl methyl sites for hydroxylation is 2. The van der Waals surface area contributed by atoms with Gasteiger partial charge in [-0.25, -0.2) is 0 Å². The Labute approximate surface area is 69.4 Å². The van der Waals surface area contributed by atoms with Gasteiger partial charge < -0.3 is 0 Å². The van der Waals surface area contributed by atoms with E-state index in [-0.39, 0.29) is 0 Å². The van der Waals surface area contributed by atoms with E-state index < -0.39 is 0 Å². The number of hydrogen-bond donors (Lipinski definition) is 0. The zero-order valence-corrected chi connectivity index (χ0v) is 7.85. The fourth-order valence-electron chi connectivity index (χ4n) is 0.867. The summed E-state index contributed by atoms with van der Waals surface area (Å²) in [4.78, 5) is 0. The summed E-state index contributed by atoms with van der Waals surface area (Å²) in [6, 6.07) is 0. The lowest BCUT2D eigenvalue weighted by atomic mass is 10.3. The van der Waals surface area contributed by atoms with E-state index in [2.05, 4.69) is 34.9 Å². The fourth-order valence-corrected chi connectivity index (χ4v) is 1.59. The quantitative estimate of drug-likeness (QED) is 0.720. The Balaban J connectivity index is 2.97. The third-order valence-electron chi connectivity index (χ3n) is 1.52. The highest BCUT2D eigenvalue weighted by Crippen LogP contribution is 2.15. The number of aromatic nitrogens is 2. The molecule has 0 fully saturated rings. The molecule has 0 spiro atoms. The summed E-state index contributed by atoms with van der Waals surface area (Å²) in [5.41, 5.74) is 1.28. The summed E-state index contributed by atoms with van der Waals surface area (Å²) in [5.74, 6) is 0. The van der Waals surface area contributed by atoms with Crippen molar-refractivity contribution in [1.29, 1.82) is 0 Å². The molecule has 56 valence electrons. The molecule has 0 aliphatic rings. The fraction of sp³-hybridized carbons (Fsp3) is 0.571. The molecule has 0 saturated heterocycles. The second-order valence-corrected chi connectivity index (χ2v) is 2.88. The molecule has 1 rings (SSSR count). The zero-order valence-electron chi connectivity index (χ0n) is 6.26. The third kappa shape index (κ3) is 1.24. The minimum absolute atomic E-state index is 0.931. The van der Waals surface area contributed by atoms with Gasteiger partial charge in [0.1, 0.15) is 4.60 Å². The van der Waals surface area contributed by atoms with Crippen LogP contribution in [-0.2, 0) is 13.0 Å². The van der Waals surface area contributed by atoms with Crippen LogP contribution in [0.25, 0.3) is 0 Å². The van der Waals surface area contributed by atoms with Gasteiger partial charge in [0.25, 0.3) is 0 Å². The van der Waals surface area contributed by atoms with Crippen molar-refractivity contribution >= 4 is 15.9 Å². The maximum atomic E-state index is 4.17. The molecule has 0 atom stereocenters. The molecule has 0 amide bonds. The Morgan fingerprint density at radius 1 is 1.60 bits per heavy atom. The number of nitrogens with zero attached hydrogens (tertiary/aromatic N) is 2. The molecule has 0 bridgehead atoms. The second kappa shape index (κ2) is 3.19. The van der Waals surface area contributed by atoms with Crippen molar-refractivity contribution in [3.8, 4) is 0 Å². The zero-order chi connectivity index (χ0) is 7.56. The molecule has 0 radical (unpaired) electrons. The molecule has 0 aliphatic carbocycles. The minimum atomic E-state index is 0.931. The lowest BCUT2D eigenvalue weighted by molar-refractivity contribution is 0.644. The van der Waals surface area contributed by atoms with E-state index in [0.717, 1.165) is 17.6 Å². The number of halogens is 1. The molecule has 1 aromatic rings. The first-order valence-electron chi connectivity index (χ1n) is 3.49. The molecular formula is C7H11BrN2. The first kappa shape index (κ1) is 7.79. The molecule has 10 heavy (non-hydrogen) atoms. The molecule has 2 nitrogen and oxygen atoms in total. The van der Waals surface area contributed by atoms with Gasteiger partial charge in [-0.1, -0.05) is 6.92 Å². The van der Waals surface area contributed by atoms with Gasteiger partial charge in [-0.2, -0.15) is 5.10 Å². The van der Waals surface area contributed by atoms with Crippen LogP contribution in [0.3, 0.4) is 0 Å². The van der Waals surface area contributed by atoms with Crippen LogP contribution >= 0.6 is 15.9 Å². The highest BCUT2D eigenvalue weighted by molar-refractivity contribution is 9.10. The van der Waals surface area contributed by atoms with Crippen LogP contribution in [0.5, 0.6) is 0 Å². The monoisotopic (exact) mass is 202 g/mol. The smallest absolute Gasteiger partial charge is 0.107 e.